The maximum Gasteiger partial charge on any atom is 0.490 e. The Hall–Kier alpha value is -1.03. The summed E-state index contributed by atoms with van der Waals surface area (Å²) < 4.78 is 51.8. The van der Waals surface area contributed by atoms with Crippen molar-refractivity contribution < 1.29 is 61.4 Å². The second-order valence-corrected chi connectivity index (χ2v) is 11.3. The van der Waals surface area contributed by atoms with Crippen molar-refractivity contribution in [2.24, 2.45) is 5.92 Å². The van der Waals surface area contributed by atoms with Crippen LogP contribution in [0.2, 0.25) is 0 Å². The first kappa shape index (κ1) is 27.2. The Kier molecular flexibility index (Phi) is 7.92. The fourth-order valence-corrected chi connectivity index (χ4v) is 6.11. The normalized spacial score (nSPS) is 30.2. The zero-order valence-electron chi connectivity index (χ0n) is 16.3. The number of aliphatic hydroxyl groups is 2. The third kappa shape index (κ3) is 6.10. The van der Waals surface area contributed by atoms with E-state index in [0.717, 1.165) is 16.8 Å². The number of phosphoric ester groups is 1. The Bertz CT molecular complexity index is 1090. The molecule has 0 saturated carbocycles. The predicted molar refractivity (Wildman–Crippen MR) is 101 cm³/mol. The van der Waals surface area contributed by atoms with Gasteiger partial charge >= 0.3 is 29.2 Å². The molecule has 0 bridgehead atoms. The van der Waals surface area contributed by atoms with Gasteiger partial charge in [-0.05, 0) is 0 Å². The Morgan fingerprint density at radius 1 is 1.12 bits per heavy atom. The number of phosphoric acid groups is 3. The lowest BCUT2D eigenvalue weighted by molar-refractivity contribution is -0.178. The van der Waals surface area contributed by atoms with E-state index in [4.69, 9.17) is 19.4 Å². The van der Waals surface area contributed by atoms with Crippen LogP contribution in [0.3, 0.4) is 0 Å². The molecular weight excluding hydrogens is 505 g/mol. The van der Waals surface area contributed by atoms with E-state index >= 15 is 0 Å². The maximum absolute atomic E-state index is 12.2. The standard InChI is InChI=1S/C12H21N2O15P3/c1-6(2)12(14-4-3-8(15)13-11(14)18)10(17)9(16)7(27-12)5-26-31(22,23)29-32(24,25)28-30(19,20)21/h3-4,6-7,9-10,16-17H,5H2,1-2H3,(H,22,23)(H,24,25)(H,13,15,18)(H2,19,20,21)/t7-,9-,10-,12-/m1/s1. The number of hydrogen-bond acceptors (Lipinski definition) is 11. The lowest BCUT2D eigenvalue weighted by atomic mass is 9.91. The monoisotopic (exact) mass is 526 g/mol. The van der Waals surface area contributed by atoms with Crippen molar-refractivity contribution in [2.45, 2.75) is 37.9 Å². The van der Waals surface area contributed by atoms with Crippen LogP contribution in [0.4, 0.5) is 0 Å². The average molecular weight is 526 g/mol. The highest BCUT2D eigenvalue weighted by atomic mass is 31.3. The van der Waals surface area contributed by atoms with Crippen molar-refractivity contribution in [3.63, 3.8) is 0 Å². The molecule has 0 amide bonds. The van der Waals surface area contributed by atoms with Gasteiger partial charge in [0.15, 0.2) is 5.72 Å². The van der Waals surface area contributed by atoms with Crippen LogP contribution in [0.5, 0.6) is 0 Å². The van der Waals surface area contributed by atoms with Crippen LogP contribution in [-0.4, -0.2) is 64.3 Å². The van der Waals surface area contributed by atoms with Crippen molar-refractivity contribution in [1.29, 1.82) is 0 Å². The van der Waals surface area contributed by atoms with Gasteiger partial charge in [-0.25, -0.2) is 18.5 Å². The lowest BCUT2D eigenvalue weighted by Gasteiger charge is -2.37. The second kappa shape index (κ2) is 9.31. The summed E-state index contributed by atoms with van der Waals surface area (Å²) >= 11 is 0. The van der Waals surface area contributed by atoms with Gasteiger partial charge in [0, 0.05) is 18.2 Å². The van der Waals surface area contributed by atoms with E-state index in [0.29, 0.717) is 0 Å². The van der Waals surface area contributed by atoms with Gasteiger partial charge in [0.25, 0.3) is 5.56 Å². The highest BCUT2D eigenvalue weighted by Crippen LogP contribution is 2.66. The zero-order valence-corrected chi connectivity index (χ0v) is 19.0. The summed E-state index contributed by atoms with van der Waals surface area (Å²) in [7, 11) is -16.9. The van der Waals surface area contributed by atoms with Crippen molar-refractivity contribution in [3.05, 3.63) is 33.1 Å². The van der Waals surface area contributed by atoms with Crippen LogP contribution in [0.25, 0.3) is 0 Å². The summed E-state index contributed by atoms with van der Waals surface area (Å²) in [6.07, 6.45) is -4.26. The molecule has 0 aliphatic carbocycles. The highest BCUT2D eigenvalue weighted by molar-refractivity contribution is 7.66. The fraction of sp³-hybridized carbons (Fsp3) is 0.667. The third-order valence-corrected chi connectivity index (χ3v) is 8.12. The molecule has 0 spiro atoms. The van der Waals surface area contributed by atoms with E-state index in [1.807, 2.05) is 4.98 Å². The average Bonchev–Trinajstić information content (AvgIpc) is 2.83. The van der Waals surface area contributed by atoms with Gasteiger partial charge in [0.05, 0.1) is 6.61 Å². The number of aromatic nitrogens is 2. The van der Waals surface area contributed by atoms with E-state index < -0.39 is 71.3 Å². The zero-order chi connectivity index (χ0) is 24.7. The molecule has 17 nitrogen and oxygen atoms in total. The number of H-pyrrole nitrogens is 1. The molecular formula is C12H21N2O15P3. The number of hydrogen-bond donors (Lipinski definition) is 7. The SMILES string of the molecule is CC(C)[C@@]1(n2ccc(=O)[nH]c2=O)O[C@H](COP(=O)(O)OP(=O)(O)OP(=O)(O)O)[C@@H](O)[C@H]1O. The Morgan fingerprint density at radius 3 is 2.22 bits per heavy atom. The molecule has 0 aromatic carbocycles. The van der Waals surface area contributed by atoms with Crippen LogP contribution >= 0.6 is 23.5 Å². The number of aliphatic hydroxyl groups excluding tert-OH is 2. The quantitative estimate of drug-likeness (QED) is 0.177. The molecule has 1 aromatic heterocycles. The molecule has 2 rings (SSSR count). The molecule has 1 aliphatic heterocycles. The smallest absolute Gasteiger partial charge is 0.387 e. The van der Waals surface area contributed by atoms with Crippen LogP contribution in [0.15, 0.2) is 21.9 Å². The minimum Gasteiger partial charge on any atom is -0.387 e. The summed E-state index contributed by atoms with van der Waals surface area (Å²) in [5, 5.41) is 20.9. The first-order valence-corrected chi connectivity index (χ1v) is 13.1. The van der Waals surface area contributed by atoms with Gasteiger partial charge in [-0.15, -0.1) is 0 Å². The van der Waals surface area contributed by atoms with E-state index in [2.05, 4.69) is 13.1 Å². The number of aromatic amines is 1. The van der Waals surface area contributed by atoms with Gasteiger partial charge in [-0.2, -0.15) is 8.62 Å². The summed E-state index contributed by atoms with van der Waals surface area (Å²) in [5.74, 6) is -0.729. The summed E-state index contributed by atoms with van der Waals surface area (Å²) in [6.45, 7) is 1.94. The molecule has 1 saturated heterocycles. The number of ether oxygens (including phenoxy) is 1. The largest absolute Gasteiger partial charge is 0.490 e. The number of nitrogens with one attached hydrogen (secondary N) is 1. The van der Waals surface area contributed by atoms with Crippen molar-refractivity contribution >= 4 is 23.5 Å². The fourth-order valence-electron chi connectivity index (χ4n) is 3.08. The van der Waals surface area contributed by atoms with Crippen LogP contribution in [0.1, 0.15) is 13.8 Å². The molecule has 6 atom stereocenters. The summed E-state index contributed by atoms with van der Waals surface area (Å²) in [4.78, 5) is 61.2. The minimum absolute atomic E-state index is 0.729. The Morgan fingerprint density at radius 2 is 1.72 bits per heavy atom. The topological polar surface area (TPSA) is 264 Å². The van der Waals surface area contributed by atoms with Crippen molar-refractivity contribution in [3.8, 4) is 0 Å². The highest BCUT2D eigenvalue weighted by Gasteiger charge is 2.58. The van der Waals surface area contributed by atoms with Gasteiger partial charge in [0.2, 0.25) is 0 Å². The first-order chi connectivity index (χ1) is 14.4. The van der Waals surface area contributed by atoms with Gasteiger partial charge < -0.3 is 34.5 Å². The second-order valence-electron chi connectivity index (χ2n) is 6.87. The molecule has 32 heavy (non-hydrogen) atoms. The molecule has 2 unspecified atom stereocenters. The molecule has 7 N–H and O–H groups in total. The van der Waals surface area contributed by atoms with Gasteiger partial charge in [-0.3, -0.25) is 18.9 Å². The van der Waals surface area contributed by atoms with E-state index in [9.17, 15) is 38.4 Å². The summed E-state index contributed by atoms with van der Waals surface area (Å²) in [6, 6.07) is 0.952. The van der Waals surface area contributed by atoms with Crippen molar-refractivity contribution in [2.75, 3.05) is 6.61 Å². The van der Waals surface area contributed by atoms with Crippen LogP contribution < -0.4 is 11.2 Å². The maximum atomic E-state index is 12.2. The van der Waals surface area contributed by atoms with E-state index in [1.54, 1.807) is 0 Å². The Labute approximate surface area is 178 Å². The minimum atomic E-state index is -5.76. The predicted octanol–water partition coefficient (Wildman–Crippen LogP) is -1.69. The van der Waals surface area contributed by atoms with Crippen LogP contribution in [0, 0.1) is 5.92 Å². The Balaban J connectivity index is 2.25. The molecule has 20 heteroatoms. The molecule has 1 aromatic rings. The van der Waals surface area contributed by atoms with Gasteiger partial charge in [-0.1, -0.05) is 13.8 Å². The lowest BCUT2D eigenvalue weighted by Crippen LogP contribution is -2.54. The first-order valence-electron chi connectivity index (χ1n) is 8.55. The van der Waals surface area contributed by atoms with Crippen molar-refractivity contribution in [1.82, 2.24) is 9.55 Å². The number of rotatable bonds is 9. The van der Waals surface area contributed by atoms with E-state index in [1.165, 1.54) is 13.8 Å². The molecule has 1 aliphatic rings. The molecule has 1 fully saturated rings. The van der Waals surface area contributed by atoms with Crippen LogP contribution in [-0.2, 0) is 37.3 Å². The molecule has 0 radical (unpaired) electrons. The summed E-state index contributed by atoms with van der Waals surface area (Å²) in [5.41, 5.74) is -3.71. The number of nitrogens with zero attached hydrogens (tertiary/aromatic N) is 1. The molecule has 184 valence electrons. The van der Waals surface area contributed by atoms with Gasteiger partial charge in [0.1, 0.15) is 18.3 Å². The third-order valence-electron chi connectivity index (χ3n) is 4.31. The molecule has 2 heterocycles. The van der Waals surface area contributed by atoms with E-state index in [-0.39, 0.29) is 0 Å².